The molecule has 7 nitrogen and oxygen atoms in total. The summed E-state index contributed by atoms with van der Waals surface area (Å²) < 4.78 is 7.60. The zero-order valence-corrected chi connectivity index (χ0v) is 19.8. The number of ether oxygens (including phenoxy) is 1. The Hall–Kier alpha value is -2.41. The highest BCUT2D eigenvalue weighted by Gasteiger charge is 2.48. The van der Waals surface area contributed by atoms with Gasteiger partial charge in [0.2, 0.25) is 5.91 Å². The van der Waals surface area contributed by atoms with Crippen LogP contribution in [0, 0.1) is 5.92 Å². The molecule has 174 valence electrons. The fourth-order valence-electron chi connectivity index (χ4n) is 4.97. The molecule has 1 N–H and O–H groups in total. The second kappa shape index (κ2) is 9.22. The Labute approximate surface area is 190 Å². The van der Waals surface area contributed by atoms with Gasteiger partial charge in [-0.2, -0.15) is 0 Å². The molecule has 1 aliphatic carbocycles. The molecule has 2 aromatic rings. The van der Waals surface area contributed by atoms with Gasteiger partial charge in [0.15, 0.2) is 5.82 Å². The zero-order chi connectivity index (χ0) is 22.9. The van der Waals surface area contributed by atoms with Gasteiger partial charge in [0.1, 0.15) is 5.54 Å². The maximum absolute atomic E-state index is 13.7. The molecule has 1 aromatic carbocycles. The second-order valence-corrected chi connectivity index (χ2v) is 9.94. The average molecular weight is 441 g/mol. The number of rotatable bonds is 7. The molecule has 0 radical (unpaired) electrons. The lowest BCUT2D eigenvalue weighted by atomic mass is 9.86. The van der Waals surface area contributed by atoms with Gasteiger partial charge in [-0.1, -0.05) is 19.1 Å². The lowest BCUT2D eigenvalue weighted by Crippen LogP contribution is -2.65. The van der Waals surface area contributed by atoms with Crippen LogP contribution in [0.2, 0.25) is 0 Å². The van der Waals surface area contributed by atoms with Crippen molar-refractivity contribution in [2.24, 2.45) is 5.92 Å². The molecule has 1 saturated carbocycles. The van der Waals surface area contributed by atoms with E-state index in [2.05, 4.69) is 17.2 Å². The standard InChI is InChI=1S/C25H36N4O3/c1-17(2)32-15-7-14-29-23(30)22-27-20-8-5-6-9-21(20)28(22)16-25(29,4)24(31)26-19-12-10-18(3)11-13-19/h5-6,8-9,17-19H,7,10-16H2,1-4H3,(H,26,31). The topological polar surface area (TPSA) is 76.5 Å². The highest BCUT2D eigenvalue weighted by atomic mass is 16.5. The number of nitrogens with zero attached hydrogens (tertiary/aromatic N) is 3. The summed E-state index contributed by atoms with van der Waals surface area (Å²) in [5, 5.41) is 3.28. The minimum Gasteiger partial charge on any atom is -0.379 e. The number of benzene rings is 1. The number of para-hydroxylation sites is 2. The van der Waals surface area contributed by atoms with E-state index in [4.69, 9.17) is 4.74 Å². The van der Waals surface area contributed by atoms with Crippen molar-refractivity contribution in [1.82, 2.24) is 19.8 Å². The molecule has 32 heavy (non-hydrogen) atoms. The van der Waals surface area contributed by atoms with Crippen LogP contribution in [0.25, 0.3) is 11.0 Å². The fourth-order valence-corrected chi connectivity index (χ4v) is 4.97. The Kier molecular flexibility index (Phi) is 6.56. The van der Waals surface area contributed by atoms with Crippen LogP contribution in [-0.4, -0.2) is 57.1 Å². The van der Waals surface area contributed by atoms with Gasteiger partial charge in [0, 0.05) is 19.2 Å². The molecule has 0 bridgehead atoms. The predicted octanol–water partition coefficient (Wildman–Crippen LogP) is 3.76. The summed E-state index contributed by atoms with van der Waals surface area (Å²) in [5.41, 5.74) is 0.697. The SMILES string of the molecule is CC1CCC(NC(=O)C2(C)Cn3c(nc4ccccc43)C(=O)N2CCCOC(C)C)CC1. The average Bonchev–Trinajstić information content (AvgIpc) is 3.13. The van der Waals surface area contributed by atoms with Crippen LogP contribution in [0.1, 0.15) is 70.4 Å². The molecule has 4 rings (SSSR count). The van der Waals surface area contributed by atoms with Gasteiger partial charge >= 0.3 is 0 Å². The third kappa shape index (κ3) is 4.40. The summed E-state index contributed by atoms with van der Waals surface area (Å²) in [4.78, 5) is 33.6. The molecule has 0 saturated heterocycles. The normalized spacial score (nSPS) is 25.9. The van der Waals surface area contributed by atoms with Gasteiger partial charge in [0.25, 0.3) is 5.91 Å². The number of hydrogen-bond acceptors (Lipinski definition) is 4. The smallest absolute Gasteiger partial charge is 0.290 e. The molecular formula is C25H36N4O3. The number of fused-ring (bicyclic) bond motifs is 3. The van der Waals surface area contributed by atoms with E-state index in [-0.39, 0.29) is 24.0 Å². The molecule has 1 unspecified atom stereocenters. The molecule has 1 atom stereocenters. The number of carbonyl (C=O) groups excluding carboxylic acids is 2. The van der Waals surface area contributed by atoms with Crippen molar-refractivity contribution in [3.63, 3.8) is 0 Å². The summed E-state index contributed by atoms with van der Waals surface area (Å²) in [7, 11) is 0. The number of carbonyl (C=O) groups is 2. The van der Waals surface area contributed by atoms with Crippen LogP contribution < -0.4 is 5.32 Å². The first-order valence-electron chi connectivity index (χ1n) is 12.0. The van der Waals surface area contributed by atoms with Crippen LogP contribution in [-0.2, 0) is 16.1 Å². The van der Waals surface area contributed by atoms with Gasteiger partial charge in [-0.3, -0.25) is 9.59 Å². The Balaban J connectivity index is 1.61. The van der Waals surface area contributed by atoms with E-state index in [1.165, 1.54) is 0 Å². The van der Waals surface area contributed by atoms with E-state index in [1.807, 2.05) is 49.6 Å². The third-order valence-corrected chi connectivity index (χ3v) is 6.97. The summed E-state index contributed by atoms with van der Waals surface area (Å²) in [6.45, 7) is 9.57. The monoisotopic (exact) mass is 440 g/mol. The maximum atomic E-state index is 13.7. The van der Waals surface area contributed by atoms with Gasteiger partial charge in [-0.25, -0.2) is 4.98 Å². The summed E-state index contributed by atoms with van der Waals surface area (Å²) in [6, 6.07) is 7.92. The van der Waals surface area contributed by atoms with Crippen LogP contribution in [0.4, 0.5) is 0 Å². The fraction of sp³-hybridized carbons (Fsp3) is 0.640. The summed E-state index contributed by atoms with van der Waals surface area (Å²) in [6.07, 6.45) is 5.07. The van der Waals surface area contributed by atoms with Gasteiger partial charge in [-0.05, 0) is 70.9 Å². The quantitative estimate of drug-likeness (QED) is 0.665. The largest absolute Gasteiger partial charge is 0.379 e. The van der Waals surface area contributed by atoms with Crippen molar-refractivity contribution in [2.45, 2.75) is 84.0 Å². The Morgan fingerprint density at radius 3 is 2.69 bits per heavy atom. The van der Waals surface area contributed by atoms with E-state index in [9.17, 15) is 9.59 Å². The first-order chi connectivity index (χ1) is 15.3. The van der Waals surface area contributed by atoms with E-state index >= 15 is 0 Å². The maximum Gasteiger partial charge on any atom is 0.290 e. The Bertz CT molecular complexity index is 977. The van der Waals surface area contributed by atoms with E-state index in [0.29, 0.717) is 37.9 Å². The molecule has 2 amide bonds. The van der Waals surface area contributed by atoms with Crippen LogP contribution >= 0.6 is 0 Å². The number of hydrogen-bond donors (Lipinski definition) is 1. The number of aromatic nitrogens is 2. The molecule has 1 aliphatic heterocycles. The van der Waals surface area contributed by atoms with Crippen LogP contribution in [0.3, 0.4) is 0 Å². The molecule has 2 aliphatic rings. The lowest BCUT2D eigenvalue weighted by Gasteiger charge is -2.44. The van der Waals surface area contributed by atoms with E-state index in [0.717, 1.165) is 36.7 Å². The van der Waals surface area contributed by atoms with E-state index in [1.54, 1.807) is 4.90 Å². The number of imidazole rings is 1. The second-order valence-electron chi connectivity index (χ2n) is 9.94. The number of amides is 2. The Morgan fingerprint density at radius 1 is 1.25 bits per heavy atom. The highest BCUT2D eigenvalue weighted by molar-refractivity contribution is 6.01. The van der Waals surface area contributed by atoms with Crippen molar-refractivity contribution in [3.8, 4) is 0 Å². The molecule has 2 heterocycles. The summed E-state index contributed by atoms with van der Waals surface area (Å²) >= 11 is 0. The first kappa shape index (κ1) is 22.8. The van der Waals surface area contributed by atoms with Crippen molar-refractivity contribution < 1.29 is 14.3 Å². The first-order valence-corrected chi connectivity index (χ1v) is 12.0. The van der Waals surface area contributed by atoms with Crippen molar-refractivity contribution in [1.29, 1.82) is 0 Å². The number of nitrogens with one attached hydrogen (secondary N) is 1. The lowest BCUT2D eigenvalue weighted by molar-refractivity contribution is -0.134. The Morgan fingerprint density at radius 2 is 1.97 bits per heavy atom. The van der Waals surface area contributed by atoms with Gasteiger partial charge in [0.05, 0.1) is 23.7 Å². The predicted molar refractivity (Wildman–Crippen MR) is 124 cm³/mol. The summed E-state index contributed by atoms with van der Waals surface area (Å²) in [5.74, 6) is 0.866. The highest BCUT2D eigenvalue weighted by Crippen LogP contribution is 2.32. The van der Waals surface area contributed by atoms with Crippen molar-refractivity contribution in [3.05, 3.63) is 30.1 Å². The molecular weight excluding hydrogens is 404 g/mol. The molecule has 0 spiro atoms. The van der Waals surface area contributed by atoms with Gasteiger partial charge in [-0.15, -0.1) is 0 Å². The van der Waals surface area contributed by atoms with E-state index < -0.39 is 5.54 Å². The third-order valence-electron chi connectivity index (χ3n) is 6.97. The van der Waals surface area contributed by atoms with Gasteiger partial charge < -0.3 is 19.5 Å². The molecule has 1 aromatic heterocycles. The molecule has 7 heteroatoms. The zero-order valence-electron chi connectivity index (χ0n) is 19.8. The van der Waals surface area contributed by atoms with Crippen LogP contribution in [0.15, 0.2) is 24.3 Å². The molecule has 1 fully saturated rings. The minimum absolute atomic E-state index is 0.0707. The van der Waals surface area contributed by atoms with Crippen LogP contribution in [0.5, 0.6) is 0 Å². The van der Waals surface area contributed by atoms with Crippen molar-refractivity contribution >= 4 is 22.8 Å². The van der Waals surface area contributed by atoms with Crippen molar-refractivity contribution in [2.75, 3.05) is 13.2 Å². The minimum atomic E-state index is -0.978.